The summed E-state index contributed by atoms with van der Waals surface area (Å²) in [6, 6.07) is 6.92. The molecule has 2 aliphatic heterocycles. The number of hydrogen-bond donors (Lipinski definition) is 2. The second-order valence-electron chi connectivity index (χ2n) is 7.69. The van der Waals surface area contributed by atoms with Crippen LogP contribution in [-0.2, 0) is 14.4 Å². The van der Waals surface area contributed by atoms with Gasteiger partial charge in [-0.25, -0.2) is 10.2 Å². The number of nitrogens with zero attached hydrogens (tertiary/aromatic N) is 3. The second-order valence-corrected chi connectivity index (χ2v) is 7.69. The number of anilines is 1. The van der Waals surface area contributed by atoms with Crippen molar-refractivity contribution >= 4 is 35.2 Å². The summed E-state index contributed by atoms with van der Waals surface area (Å²) in [6.45, 7) is 5.72. The highest BCUT2D eigenvalue weighted by molar-refractivity contribution is 6.06. The van der Waals surface area contributed by atoms with Crippen LogP contribution in [0.3, 0.4) is 0 Å². The van der Waals surface area contributed by atoms with Gasteiger partial charge in [0, 0.05) is 31.6 Å². The van der Waals surface area contributed by atoms with Crippen molar-refractivity contribution in [1.82, 2.24) is 15.6 Å². The number of nitrogens with one attached hydrogen (secondary N) is 2. The maximum Gasteiger partial charge on any atom is 0.325 e. The normalized spacial score (nSPS) is 19.0. The number of hydrogen-bond acceptors (Lipinski definition) is 5. The van der Waals surface area contributed by atoms with Crippen molar-refractivity contribution < 1.29 is 19.2 Å². The molecule has 0 aromatic heterocycles. The fraction of sp³-hybridized carbons (Fsp3) is 0.450. The number of carbonyl (C=O) groups excluding carboxylic acids is 4. The van der Waals surface area contributed by atoms with Crippen LogP contribution in [0.25, 0.3) is 0 Å². The van der Waals surface area contributed by atoms with Gasteiger partial charge in [0.1, 0.15) is 5.54 Å². The van der Waals surface area contributed by atoms with Gasteiger partial charge < -0.3 is 10.2 Å². The maximum atomic E-state index is 12.1. The average Bonchev–Trinajstić information content (AvgIpc) is 3.19. The van der Waals surface area contributed by atoms with Gasteiger partial charge in [0.2, 0.25) is 11.8 Å². The molecule has 1 aromatic carbocycles. The molecule has 2 saturated heterocycles. The first-order valence-electron chi connectivity index (χ1n) is 9.57. The Hall–Kier alpha value is -3.23. The minimum atomic E-state index is -0.950. The van der Waals surface area contributed by atoms with Crippen LogP contribution in [0.5, 0.6) is 0 Å². The Morgan fingerprint density at radius 3 is 2.45 bits per heavy atom. The molecular weight excluding hydrogens is 374 g/mol. The first-order valence-corrected chi connectivity index (χ1v) is 9.57. The highest BCUT2D eigenvalue weighted by atomic mass is 16.2. The van der Waals surface area contributed by atoms with E-state index in [1.165, 1.54) is 0 Å². The molecule has 0 radical (unpaired) electrons. The lowest BCUT2D eigenvalue weighted by Gasteiger charge is -2.16. The summed E-state index contributed by atoms with van der Waals surface area (Å²) in [6.07, 6.45) is 1.41. The molecule has 2 fully saturated rings. The third-order valence-electron chi connectivity index (χ3n) is 5.03. The van der Waals surface area contributed by atoms with Gasteiger partial charge in [-0.15, -0.1) is 0 Å². The van der Waals surface area contributed by atoms with E-state index in [1.54, 1.807) is 25.7 Å². The van der Waals surface area contributed by atoms with Crippen molar-refractivity contribution in [1.29, 1.82) is 0 Å². The third-order valence-corrected chi connectivity index (χ3v) is 5.03. The van der Waals surface area contributed by atoms with Crippen LogP contribution in [0.15, 0.2) is 29.4 Å². The van der Waals surface area contributed by atoms with Crippen LogP contribution in [0.2, 0.25) is 0 Å². The minimum Gasteiger partial charge on any atom is -0.324 e. The van der Waals surface area contributed by atoms with E-state index in [0.717, 1.165) is 29.1 Å². The molecule has 0 aliphatic carbocycles. The number of rotatable bonds is 6. The summed E-state index contributed by atoms with van der Waals surface area (Å²) < 4.78 is 0. The Bertz CT molecular complexity index is 875. The number of carbonyl (C=O) groups is 4. The highest BCUT2D eigenvalue weighted by Crippen LogP contribution is 2.21. The van der Waals surface area contributed by atoms with Gasteiger partial charge in [0.05, 0.1) is 5.71 Å². The van der Waals surface area contributed by atoms with Crippen molar-refractivity contribution in [3.63, 3.8) is 0 Å². The molecule has 0 spiro atoms. The molecule has 3 rings (SSSR count). The summed E-state index contributed by atoms with van der Waals surface area (Å²) in [7, 11) is 0. The second kappa shape index (κ2) is 8.02. The first-order chi connectivity index (χ1) is 13.7. The molecule has 154 valence electrons. The molecule has 9 nitrogen and oxygen atoms in total. The van der Waals surface area contributed by atoms with Crippen LogP contribution in [0.1, 0.15) is 45.6 Å². The van der Waals surface area contributed by atoms with Crippen LogP contribution >= 0.6 is 0 Å². The molecule has 0 atom stereocenters. The average molecular weight is 399 g/mol. The SMILES string of the molecule is C/C(=N/NC(=O)CCN1C(=O)NC(C)(C)C1=O)c1ccc(N2CCCC2=O)cc1. The van der Waals surface area contributed by atoms with E-state index in [2.05, 4.69) is 15.8 Å². The summed E-state index contributed by atoms with van der Waals surface area (Å²) in [5.41, 5.74) is 3.77. The molecule has 0 saturated carbocycles. The summed E-state index contributed by atoms with van der Waals surface area (Å²) in [5.74, 6) is -0.621. The largest absolute Gasteiger partial charge is 0.325 e. The number of benzene rings is 1. The van der Waals surface area contributed by atoms with Crippen molar-refractivity contribution in [3.05, 3.63) is 29.8 Å². The fourth-order valence-corrected chi connectivity index (χ4v) is 3.30. The van der Waals surface area contributed by atoms with Gasteiger partial charge in [-0.1, -0.05) is 12.1 Å². The van der Waals surface area contributed by atoms with Gasteiger partial charge in [-0.05, 0) is 44.9 Å². The monoisotopic (exact) mass is 399 g/mol. The Kier molecular flexibility index (Phi) is 5.67. The summed E-state index contributed by atoms with van der Waals surface area (Å²) >= 11 is 0. The third kappa shape index (κ3) is 4.44. The van der Waals surface area contributed by atoms with E-state index in [1.807, 2.05) is 24.3 Å². The Morgan fingerprint density at radius 1 is 1.21 bits per heavy atom. The molecule has 2 N–H and O–H groups in total. The van der Waals surface area contributed by atoms with Gasteiger partial charge in [0.15, 0.2) is 0 Å². The summed E-state index contributed by atoms with van der Waals surface area (Å²) in [4.78, 5) is 50.6. The van der Waals surface area contributed by atoms with E-state index < -0.39 is 17.5 Å². The zero-order valence-corrected chi connectivity index (χ0v) is 16.8. The lowest BCUT2D eigenvalue weighted by atomic mass is 10.1. The van der Waals surface area contributed by atoms with Crippen LogP contribution in [-0.4, -0.2) is 53.0 Å². The van der Waals surface area contributed by atoms with E-state index >= 15 is 0 Å². The smallest absolute Gasteiger partial charge is 0.324 e. The standard InChI is InChI=1S/C20H25N5O4/c1-13(14-6-8-15(9-7-14)24-11-4-5-17(24)27)22-23-16(26)10-12-25-18(28)20(2,3)21-19(25)29/h6-9H,4-5,10-12H2,1-3H3,(H,21,29)(H,23,26)/b22-13-. The van der Waals surface area contributed by atoms with E-state index in [9.17, 15) is 19.2 Å². The van der Waals surface area contributed by atoms with Crippen molar-refractivity contribution in [2.75, 3.05) is 18.0 Å². The molecule has 5 amide bonds. The van der Waals surface area contributed by atoms with Crippen molar-refractivity contribution in [2.24, 2.45) is 5.10 Å². The fourth-order valence-electron chi connectivity index (χ4n) is 3.30. The van der Waals surface area contributed by atoms with Gasteiger partial charge in [-0.3, -0.25) is 19.3 Å². The lowest BCUT2D eigenvalue weighted by molar-refractivity contribution is -0.130. The summed E-state index contributed by atoms with van der Waals surface area (Å²) in [5, 5.41) is 6.65. The number of imide groups is 1. The number of amides is 5. The molecule has 2 aliphatic rings. The highest BCUT2D eigenvalue weighted by Gasteiger charge is 2.43. The molecule has 9 heteroatoms. The molecule has 1 aromatic rings. The molecule has 29 heavy (non-hydrogen) atoms. The molecule has 2 heterocycles. The van der Waals surface area contributed by atoms with Gasteiger partial charge in [0.25, 0.3) is 5.91 Å². The molecular formula is C20H25N5O4. The predicted molar refractivity (Wildman–Crippen MR) is 107 cm³/mol. The van der Waals surface area contributed by atoms with E-state index in [-0.39, 0.29) is 24.8 Å². The molecule has 0 unspecified atom stereocenters. The van der Waals surface area contributed by atoms with Crippen LogP contribution in [0.4, 0.5) is 10.5 Å². The van der Waals surface area contributed by atoms with Gasteiger partial charge >= 0.3 is 6.03 Å². The van der Waals surface area contributed by atoms with E-state index in [0.29, 0.717) is 12.1 Å². The lowest BCUT2D eigenvalue weighted by Crippen LogP contribution is -2.40. The quantitative estimate of drug-likeness (QED) is 0.427. The van der Waals surface area contributed by atoms with Crippen molar-refractivity contribution in [2.45, 2.75) is 45.6 Å². The maximum absolute atomic E-state index is 12.1. The number of hydrazone groups is 1. The Labute approximate surface area is 169 Å². The van der Waals surface area contributed by atoms with Crippen LogP contribution in [0, 0.1) is 0 Å². The van der Waals surface area contributed by atoms with Crippen molar-refractivity contribution in [3.8, 4) is 0 Å². The van der Waals surface area contributed by atoms with E-state index in [4.69, 9.17) is 0 Å². The van der Waals surface area contributed by atoms with Gasteiger partial charge in [-0.2, -0.15) is 5.10 Å². The number of urea groups is 1. The topological polar surface area (TPSA) is 111 Å². The first kappa shape index (κ1) is 20.5. The Morgan fingerprint density at radius 2 is 1.90 bits per heavy atom. The zero-order valence-electron chi connectivity index (χ0n) is 16.8. The Balaban J connectivity index is 1.53. The van der Waals surface area contributed by atoms with Crippen LogP contribution < -0.4 is 15.6 Å². The zero-order chi connectivity index (χ0) is 21.2. The predicted octanol–water partition coefficient (Wildman–Crippen LogP) is 1.37. The molecule has 0 bridgehead atoms. The minimum absolute atomic E-state index is 0.00689.